The highest BCUT2D eigenvalue weighted by Gasteiger charge is 2.03. The van der Waals surface area contributed by atoms with Gasteiger partial charge in [-0.15, -0.1) is 0 Å². The molecule has 116 valence electrons. The molecule has 5 nitrogen and oxygen atoms in total. The molecule has 0 unspecified atom stereocenters. The number of anilines is 1. The highest BCUT2D eigenvalue weighted by Crippen LogP contribution is 2.27. The second-order valence-electron chi connectivity index (χ2n) is 4.68. The molecule has 0 aliphatic carbocycles. The Morgan fingerprint density at radius 2 is 2.18 bits per heavy atom. The predicted molar refractivity (Wildman–Crippen MR) is 90.6 cm³/mol. The number of methoxy groups -OCH3 is 1. The number of rotatable bonds is 5. The molecule has 2 aromatic rings. The van der Waals surface area contributed by atoms with E-state index in [9.17, 15) is 0 Å². The Morgan fingerprint density at radius 1 is 1.36 bits per heavy atom. The molecule has 0 aliphatic heterocycles. The average Bonchev–Trinajstić information content (AvgIpc) is 2.53. The largest absolute Gasteiger partial charge is 0.495 e. The zero-order valence-corrected chi connectivity index (χ0v) is 13.4. The minimum atomic E-state index is 0.310. The molecule has 0 spiro atoms. The minimum absolute atomic E-state index is 0.310. The summed E-state index contributed by atoms with van der Waals surface area (Å²) in [6, 6.07) is 9.35. The lowest BCUT2D eigenvalue weighted by molar-refractivity contribution is 0.415. The van der Waals surface area contributed by atoms with E-state index in [4.69, 9.17) is 22.1 Å². The third-order valence-electron chi connectivity index (χ3n) is 3.12. The number of hydrogen-bond acceptors (Lipinski definition) is 3. The Labute approximate surface area is 135 Å². The van der Waals surface area contributed by atoms with E-state index in [1.54, 1.807) is 25.4 Å². The van der Waals surface area contributed by atoms with Crippen LogP contribution in [0.1, 0.15) is 18.2 Å². The normalized spacial score (nSPS) is 11.3. The van der Waals surface area contributed by atoms with Crippen molar-refractivity contribution < 1.29 is 4.74 Å². The van der Waals surface area contributed by atoms with Crippen LogP contribution in [0.4, 0.5) is 5.69 Å². The van der Waals surface area contributed by atoms with Crippen LogP contribution in [-0.2, 0) is 13.0 Å². The summed E-state index contributed by atoms with van der Waals surface area (Å²) >= 11 is 6.06. The van der Waals surface area contributed by atoms with Gasteiger partial charge in [-0.05, 0) is 42.3 Å². The first-order chi connectivity index (χ1) is 10.6. The summed E-state index contributed by atoms with van der Waals surface area (Å²) in [6.07, 6.45) is 2.76. The molecule has 2 rings (SSSR count). The number of benzene rings is 1. The van der Waals surface area contributed by atoms with Crippen LogP contribution in [0.25, 0.3) is 0 Å². The van der Waals surface area contributed by atoms with Crippen molar-refractivity contribution in [2.24, 2.45) is 10.7 Å². The fourth-order valence-corrected chi connectivity index (χ4v) is 2.19. The van der Waals surface area contributed by atoms with Crippen LogP contribution in [0.3, 0.4) is 0 Å². The van der Waals surface area contributed by atoms with Gasteiger partial charge in [0.15, 0.2) is 5.96 Å². The highest BCUT2D eigenvalue weighted by atomic mass is 35.5. The van der Waals surface area contributed by atoms with Crippen LogP contribution >= 0.6 is 11.6 Å². The lowest BCUT2D eigenvalue weighted by Crippen LogP contribution is -2.22. The molecule has 0 bridgehead atoms. The molecule has 0 saturated heterocycles. The molecule has 0 aliphatic rings. The van der Waals surface area contributed by atoms with Crippen LogP contribution < -0.4 is 15.8 Å². The van der Waals surface area contributed by atoms with E-state index in [0.717, 1.165) is 17.8 Å². The van der Waals surface area contributed by atoms with Crippen molar-refractivity contribution in [3.8, 4) is 5.75 Å². The van der Waals surface area contributed by atoms with Crippen molar-refractivity contribution in [1.29, 1.82) is 0 Å². The molecule has 1 aromatic carbocycles. The molecule has 0 radical (unpaired) electrons. The van der Waals surface area contributed by atoms with E-state index in [0.29, 0.717) is 23.3 Å². The number of aromatic nitrogens is 1. The summed E-state index contributed by atoms with van der Waals surface area (Å²) in [6.45, 7) is 2.53. The Bertz CT molecular complexity index is 673. The number of halogens is 1. The molecule has 0 fully saturated rings. The lowest BCUT2D eigenvalue weighted by Gasteiger charge is -2.08. The lowest BCUT2D eigenvalue weighted by atomic mass is 10.2. The van der Waals surface area contributed by atoms with Gasteiger partial charge in [-0.2, -0.15) is 0 Å². The Balaban J connectivity index is 2.01. The number of nitrogens with one attached hydrogen (secondary N) is 1. The summed E-state index contributed by atoms with van der Waals surface area (Å²) in [4.78, 5) is 8.56. The van der Waals surface area contributed by atoms with Gasteiger partial charge >= 0.3 is 0 Å². The third-order valence-corrected chi connectivity index (χ3v) is 3.42. The van der Waals surface area contributed by atoms with Gasteiger partial charge in [0.05, 0.1) is 24.4 Å². The third kappa shape index (κ3) is 4.36. The first-order valence-electron chi connectivity index (χ1n) is 6.96. The van der Waals surface area contributed by atoms with Crippen LogP contribution in [0.2, 0.25) is 5.02 Å². The maximum Gasteiger partial charge on any atom is 0.193 e. The maximum absolute atomic E-state index is 6.06. The molecule has 6 heteroatoms. The topological polar surface area (TPSA) is 72.5 Å². The van der Waals surface area contributed by atoms with E-state index in [-0.39, 0.29) is 0 Å². The first kappa shape index (κ1) is 16.1. The first-order valence-corrected chi connectivity index (χ1v) is 7.34. The molecule has 3 N–H and O–H groups in total. The number of aliphatic imine (C=N–C) groups is 1. The van der Waals surface area contributed by atoms with Crippen molar-refractivity contribution in [2.75, 3.05) is 12.4 Å². The fraction of sp³-hybridized carbons (Fsp3) is 0.250. The van der Waals surface area contributed by atoms with Crippen molar-refractivity contribution in [3.63, 3.8) is 0 Å². The number of nitrogens with zero attached hydrogens (tertiary/aromatic N) is 2. The van der Waals surface area contributed by atoms with E-state index in [1.807, 2.05) is 18.2 Å². The Kier molecular flexibility index (Phi) is 5.61. The van der Waals surface area contributed by atoms with E-state index in [2.05, 4.69) is 22.2 Å². The number of ether oxygens (including phenoxy) is 1. The van der Waals surface area contributed by atoms with Gasteiger partial charge in [0.25, 0.3) is 0 Å². The molecule has 0 saturated carbocycles. The van der Waals surface area contributed by atoms with Crippen molar-refractivity contribution >= 4 is 23.2 Å². The maximum atomic E-state index is 6.06. The fourth-order valence-electron chi connectivity index (χ4n) is 1.93. The number of pyridine rings is 1. The van der Waals surface area contributed by atoms with Crippen molar-refractivity contribution in [2.45, 2.75) is 19.9 Å². The molecule has 0 atom stereocenters. The summed E-state index contributed by atoms with van der Waals surface area (Å²) in [5.41, 5.74) is 8.75. The van der Waals surface area contributed by atoms with Gasteiger partial charge in [-0.1, -0.05) is 18.5 Å². The second kappa shape index (κ2) is 7.66. The van der Waals surface area contributed by atoms with Crippen molar-refractivity contribution in [3.05, 3.63) is 52.8 Å². The van der Waals surface area contributed by atoms with Gasteiger partial charge in [0.1, 0.15) is 5.75 Å². The summed E-state index contributed by atoms with van der Waals surface area (Å²) in [5, 5.41) is 3.50. The highest BCUT2D eigenvalue weighted by molar-refractivity contribution is 6.32. The van der Waals surface area contributed by atoms with Crippen LogP contribution in [0.15, 0.2) is 41.5 Å². The van der Waals surface area contributed by atoms with Gasteiger partial charge in [0, 0.05) is 11.9 Å². The smallest absolute Gasteiger partial charge is 0.193 e. The van der Waals surface area contributed by atoms with Gasteiger partial charge < -0.3 is 15.8 Å². The molecular formula is C16H19ClN4O. The monoisotopic (exact) mass is 318 g/mol. The molecule has 1 aromatic heterocycles. The quantitative estimate of drug-likeness (QED) is 0.655. The van der Waals surface area contributed by atoms with Gasteiger partial charge in [-0.25, -0.2) is 4.99 Å². The Hall–Kier alpha value is -2.27. The molecule has 22 heavy (non-hydrogen) atoms. The van der Waals surface area contributed by atoms with E-state index >= 15 is 0 Å². The number of hydrogen-bond donors (Lipinski definition) is 2. The second-order valence-corrected chi connectivity index (χ2v) is 5.09. The van der Waals surface area contributed by atoms with Crippen LogP contribution in [0.5, 0.6) is 5.75 Å². The number of nitrogens with two attached hydrogens (primary N) is 1. The standard InChI is InChI=1S/C16H19ClN4O/c1-3-11-6-7-19-13(8-11)10-20-16(18)21-12-4-5-15(22-2)14(17)9-12/h4-9H,3,10H2,1-2H3,(H3,18,20,21). The summed E-state index contributed by atoms with van der Waals surface area (Å²) in [5.74, 6) is 0.924. The summed E-state index contributed by atoms with van der Waals surface area (Å²) in [7, 11) is 1.57. The molecular weight excluding hydrogens is 300 g/mol. The number of aryl methyl sites for hydroxylation is 1. The minimum Gasteiger partial charge on any atom is -0.495 e. The van der Waals surface area contributed by atoms with E-state index < -0.39 is 0 Å². The zero-order chi connectivity index (χ0) is 15.9. The zero-order valence-electron chi connectivity index (χ0n) is 12.6. The van der Waals surface area contributed by atoms with Crippen molar-refractivity contribution in [1.82, 2.24) is 4.98 Å². The van der Waals surface area contributed by atoms with Crippen LogP contribution in [-0.4, -0.2) is 18.1 Å². The number of guanidine groups is 1. The summed E-state index contributed by atoms with van der Waals surface area (Å²) < 4.78 is 5.10. The average molecular weight is 319 g/mol. The molecule has 0 amide bonds. The van der Waals surface area contributed by atoms with Gasteiger partial charge in [0.2, 0.25) is 0 Å². The Morgan fingerprint density at radius 3 is 2.86 bits per heavy atom. The molecule has 1 heterocycles. The van der Waals surface area contributed by atoms with Gasteiger partial charge in [-0.3, -0.25) is 4.98 Å². The van der Waals surface area contributed by atoms with Crippen LogP contribution in [0, 0.1) is 0 Å². The van der Waals surface area contributed by atoms with E-state index in [1.165, 1.54) is 5.56 Å². The predicted octanol–water partition coefficient (Wildman–Crippen LogP) is 3.23. The SMILES string of the molecule is CCc1ccnc(CN=C(N)Nc2ccc(OC)c(Cl)c2)c1.